The molecule has 4 rings (SSSR count). The number of rotatable bonds is 3. The monoisotopic (exact) mass is 337 g/mol. The molecule has 2 aliphatic rings. The van der Waals surface area contributed by atoms with Gasteiger partial charge in [-0.05, 0) is 43.7 Å². The van der Waals surface area contributed by atoms with Gasteiger partial charge in [-0.25, -0.2) is 4.98 Å². The van der Waals surface area contributed by atoms with Gasteiger partial charge < -0.3 is 21.3 Å². The third kappa shape index (κ3) is 3.17. The fraction of sp³-hybridized carbons (Fsp3) is 0.368. The predicted molar refractivity (Wildman–Crippen MR) is 99.8 cm³/mol. The second-order valence-electron chi connectivity index (χ2n) is 7.04. The Morgan fingerprint density at radius 1 is 1.24 bits per heavy atom. The van der Waals surface area contributed by atoms with Gasteiger partial charge in [-0.15, -0.1) is 0 Å². The number of nitrogens with two attached hydrogens (primary N) is 1. The zero-order valence-corrected chi connectivity index (χ0v) is 14.2. The van der Waals surface area contributed by atoms with Gasteiger partial charge in [0, 0.05) is 31.2 Å². The molecule has 2 aliphatic heterocycles. The van der Waals surface area contributed by atoms with Crippen LogP contribution in [0.2, 0.25) is 0 Å². The van der Waals surface area contributed by atoms with E-state index in [1.807, 2.05) is 24.3 Å². The SMILES string of the molecule is Nc1ccccc1NC(=O)c1ccc(N2CCC3(CCNC3)C2)nc1. The Labute approximate surface area is 147 Å². The lowest BCUT2D eigenvalue weighted by atomic mass is 9.87. The molecule has 1 atom stereocenters. The molecule has 2 aromatic rings. The van der Waals surface area contributed by atoms with Gasteiger partial charge in [0.05, 0.1) is 16.9 Å². The molecule has 1 aromatic carbocycles. The maximum Gasteiger partial charge on any atom is 0.257 e. The number of benzene rings is 1. The third-order valence-electron chi connectivity index (χ3n) is 5.31. The molecule has 6 nitrogen and oxygen atoms in total. The van der Waals surface area contributed by atoms with Crippen LogP contribution >= 0.6 is 0 Å². The number of nitrogen functional groups attached to an aromatic ring is 1. The summed E-state index contributed by atoms with van der Waals surface area (Å²) < 4.78 is 0. The zero-order valence-electron chi connectivity index (χ0n) is 14.2. The number of aromatic nitrogens is 1. The van der Waals surface area contributed by atoms with Gasteiger partial charge >= 0.3 is 0 Å². The first-order valence-electron chi connectivity index (χ1n) is 8.73. The average molecular weight is 337 g/mol. The average Bonchev–Trinajstić information content (AvgIpc) is 3.27. The zero-order chi connectivity index (χ0) is 17.3. The fourth-order valence-electron chi connectivity index (χ4n) is 3.79. The van der Waals surface area contributed by atoms with Crippen LogP contribution in [0.5, 0.6) is 0 Å². The van der Waals surface area contributed by atoms with E-state index >= 15 is 0 Å². The summed E-state index contributed by atoms with van der Waals surface area (Å²) in [7, 11) is 0. The molecule has 4 N–H and O–H groups in total. The van der Waals surface area contributed by atoms with Crippen LogP contribution in [0.4, 0.5) is 17.2 Å². The third-order valence-corrected chi connectivity index (χ3v) is 5.31. The first kappa shape index (κ1) is 15.9. The van der Waals surface area contributed by atoms with E-state index < -0.39 is 0 Å². The van der Waals surface area contributed by atoms with Crippen LogP contribution in [-0.2, 0) is 0 Å². The first-order valence-corrected chi connectivity index (χ1v) is 8.73. The van der Waals surface area contributed by atoms with E-state index in [9.17, 15) is 4.79 Å². The van der Waals surface area contributed by atoms with Crippen molar-refractivity contribution in [1.82, 2.24) is 10.3 Å². The van der Waals surface area contributed by atoms with Crippen molar-refractivity contribution in [3.8, 4) is 0 Å². The molecule has 0 radical (unpaired) electrons. The van der Waals surface area contributed by atoms with Crippen molar-refractivity contribution >= 4 is 23.1 Å². The van der Waals surface area contributed by atoms with Crippen LogP contribution in [-0.4, -0.2) is 37.1 Å². The normalized spacial score (nSPS) is 22.5. The highest BCUT2D eigenvalue weighted by molar-refractivity contribution is 6.05. The number of pyridine rings is 1. The Morgan fingerprint density at radius 3 is 2.84 bits per heavy atom. The lowest BCUT2D eigenvalue weighted by molar-refractivity contribution is 0.102. The molecule has 0 saturated carbocycles. The van der Waals surface area contributed by atoms with Gasteiger partial charge in [-0.3, -0.25) is 4.79 Å². The summed E-state index contributed by atoms with van der Waals surface area (Å²) in [6.45, 7) is 4.28. The molecule has 2 fully saturated rings. The minimum absolute atomic E-state index is 0.199. The lowest BCUT2D eigenvalue weighted by Crippen LogP contribution is -2.29. The Hall–Kier alpha value is -2.60. The molecule has 130 valence electrons. The Bertz CT molecular complexity index is 768. The highest BCUT2D eigenvalue weighted by Gasteiger charge is 2.40. The summed E-state index contributed by atoms with van der Waals surface area (Å²) in [6, 6.07) is 11.0. The van der Waals surface area contributed by atoms with E-state index in [4.69, 9.17) is 5.73 Å². The van der Waals surface area contributed by atoms with E-state index in [0.29, 0.717) is 22.4 Å². The van der Waals surface area contributed by atoms with Crippen molar-refractivity contribution in [3.63, 3.8) is 0 Å². The topological polar surface area (TPSA) is 83.3 Å². The number of carbonyl (C=O) groups excluding carboxylic acids is 1. The number of hydrogen-bond donors (Lipinski definition) is 3. The van der Waals surface area contributed by atoms with E-state index in [-0.39, 0.29) is 5.91 Å². The molecule has 0 bridgehead atoms. The predicted octanol–water partition coefficient (Wildman–Crippen LogP) is 2.11. The molecular formula is C19H23N5O. The molecule has 2 saturated heterocycles. The summed E-state index contributed by atoms with van der Waals surface area (Å²) in [6.07, 6.45) is 4.08. The Morgan fingerprint density at radius 2 is 2.12 bits per heavy atom. The van der Waals surface area contributed by atoms with Gasteiger partial charge in [0.15, 0.2) is 0 Å². The van der Waals surface area contributed by atoms with Gasteiger partial charge in [-0.1, -0.05) is 12.1 Å². The number of nitrogens with zero attached hydrogens (tertiary/aromatic N) is 2. The minimum atomic E-state index is -0.199. The van der Waals surface area contributed by atoms with Crippen molar-refractivity contribution in [3.05, 3.63) is 48.2 Å². The summed E-state index contributed by atoms with van der Waals surface area (Å²) in [5.74, 6) is 0.745. The van der Waals surface area contributed by atoms with Crippen molar-refractivity contribution in [2.45, 2.75) is 12.8 Å². The van der Waals surface area contributed by atoms with E-state index in [1.165, 1.54) is 12.8 Å². The fourth-order valence-corrected chi connectivity index (χ4v) is 3.79. The molecule has 25 heavy (non-hydrogen) atoms. The standard InChI is InChI=1S/C19H23N5O/c20-15-3-1-2-4-16(15)23-18(25)14-5-6-17(22-11-14)24-10-8-19(13-24)7-9-21-12-19/h1-6,11,21H,7-10,12-13,20H2,(H,23,25). The molecule has 1 amide bonds. The van der Waals surface area contributed by atoms with Gasteiger partial charge in [0.25, 0.3) is 5.91 Å². The summed E-state index contributed by atoms with van der Waals surface area (Å²) in [4.78, 5) is 19.2. The molecule has 6 heteroatoms. The van der Waals surface area contributed by atoms with Crippen LogP contribution < -0.4 is 21.3 Å². The smallest absolute Gasteiger partial charge is 0.257 e. The van der Waals surface area contributed by atoms with Crippen LogP contribution in [0.1, 0.15) is 23.2 Å². The van der Waals surface area contributed by atoms with E-state index in [2.05, 4.69) is 20.5 Å². The second-order valence-corrected chi connectivity index (χ2v) is 7.04. The van der Waals surface area contributed by atoms with Gasteiger partial charge in [0.1, 0.15) is 5.82 Å². The van der Waals surface area contributed by atoms with Crippen LogP contribution in [0.3, 0.4) is 0 Å². The first-order chi connectivity index (χ1) is 12.2. The number of amides is 1. The van der Waals surface area contributed by atoms with Crippen LogP contribution in [0.25, 0.3) is 0 Å². The van der Waals surface area contributed by atoms with Crippen LogP contribution in [0, 0.1) is 5.41 Å². The van der Waals surface area contributed by atoms with Crippen molar-refractivity contribution in [2.75, 3.05) is 42.1 Å². The summed E-state index contributed by atoms with van der Waals surface area (Å²) in [5.41, 5.74) is 7.97. The molecule has 1 spiro atoms. The lowest BCUT2D eigenvalue weighted by Gasteiger charge is -2.23. The van der Waals surface area contributed by atoms with Crippen LogP contribution in [0.15, 0.2) is 42.6 Å². The number of hydrogen-bond acceptors (Lipinski definition) is 5. The van der Waals surface area contributed by atoms with Crippen molar-refractivity contribution in [1.29, 1.82) is 0 Å². The van der Waals surface area contributed by atoms with Crippen molar-refractivity contribution < 1.29 is 4.79 Å². The van der Waals surface area contributed by atoms with Crippen molar-refractivity contribution in [2.24, 2.45) is 5.41 Å². The number of carbonyl (C=O) groups is 1. The maximum absolute atomic E-state index is 12.4. The molecule has 1 unspecified atom stereocenters. The second kappa shape index (κ2) is 6.37. The summed E-state index contributed by atoms with van der Waals surface area (Å²) in [5, 5.41) is 6.30. The summed E-state index contributed by atoms with van der Waals surface area (Å²) >= 11 is 0. The maximum atomic E-state index is 12.4. The Kier molecular flexibility index (Phi) is 4.05. The van der Waals surface area contributed by atoms with E-state index in [1.54, 1.807) is 18.3 Å². The van der Waals surface area contributed by atoms with E-state index in [0.717, 1.165) is 32.0 Å². The quantitative estimate of drug-likeness (QED) is 0.747. The number of nitrogens with one attached hydrogen (secondary N) is 2. The minimum Gasteiger partial charge on any atom is -0.397 e. The molecule has 1 aromatic heterocycles. The highest BCUT2D eigenvalue weighted by Crippen LogP contribution is 2.37. The largest absolute Gasteiger partial charge is 0.397 e. The van der Waals surface area contributed by atoms with Gasteiger partial charge in [0.2, 0.25) is 0 Å². The Balaban J connectivity index is 1.43. The highest BCUT2D eigenvalue weighted by atomic mass is 16.1. The molecule has 0 aliphatic carbocycles. The number of para-hydroxylation sites is 2. The molecular weight excluding hydrogens is 314 g/mol. The molecule has 3 heterocycles. The number of anilines is 3. The van der Waals surface area contributed by atoms with Gasteiger partial charge in [-0.2, -0.15) is 0 Å².